The van der Waals surface area contributed by atoms with Crippen molar-refractivity contribution in [3.63, 3.8) is 0 Å². The number of nitrogens with zero attached hydrogens (tertiary/aromatic N) is 1. The Morgan fingerprint density at radius 2 is 2.08 bits per heavy atom. The third kappa shape index (κ3) is 2.96. The van der Waals surface area contributed by atoms with Crippen molar-refractivity contribution in [2.75, 3.05) is 19.6 Å². The first-order chi connectivity index (χ1) is 5.92. The van der Waals surface area contributed by atoms with Gasteiger partial charge in [0.15, 0.2) is 0 Å². The Hall–Kier alpha value is -0.0800. The molecule has 1 aliphatic heterocycles. The molecule has 0 spiro atoms. The Morgan fingerprint density at radius 1 is 1.46 bits per heavy atom. The Kier molecular flexibility index (Phi) is 3.36. The van der Waals surface area contributed by atoms with E-state index in [0.29, 0.717) is 0 Å². The first kappa shape index (κ1) is 11.0. The van der Waals surface area contributed by atoms with E-state index in [0.717, 1.165) is 26.1 Å². The van der Waals surface area contributed by atoms with Crippen molar-refractivity contribution in [3.8, 4) is 0 Å². The van der Waals surface area contributed by atoms with Gasteiger partial charge in [-0.25, -0.2) is 0 Å². The molecule has 77 valence electrons. The molecule has 0 aromatic carbocycles. The summed E-state index contributed by atoms with van der Waals surface area (Å²) in [6, 6.07) is 0. The molecular weight excluding hydrogens is 162 g/mol. The van der Waals surface area contributed by atoms with E-state index in [9.17, 15) is 5.11 Å². The molecule has 1 aliphatic rings. The highest BCUT2D eigenvalue weighted by molar-refractivity contribution is 4.91. The van der Waals surface area contributed by atoms with E-state index in [-0.39, 0.29) is 11.5 Å². The monoisotopic (exact) mass is 184 g/mol. The highest BCUT2D eigenvalue weighted by Gasteiger charge is 2.34. The Morgan fingerprint density at radius 3 is 2.54 bits per heavy atom. The van der Waals surface area contributed by atoms with Crippen molar-refractivity contribution < 1.29 is 5.11 Å². The number of aliphatic hydroxyl groups is 1. The quantitative estimate of drug-likeness (QED) is 0.706. The summed E-state index contributed by atoms with van der Waals surface area (Å²) in [4.78, 5) is 2.43. The van der Waals surface area contributed by atoms with Gasteiger partial charge < -0.3 is 10.0 Å². The minimum atomic E-state index is -0.124. The molecule has 1 rings (SSSR count). The Labute approximate surface area is 81.9 Å². The van der Waals surface area contributed by atoms with Crippen molar-refractivity contribution in [2.24, 2.45) is 5.41 Å². The number of hydrogen-bond acceptors (Lipinski definition) is 2. The predicted octanol–water partition coefficient (Wildman–Crippen LogP) is 1.69. The largest absolute Gasteiger partial charge is 0.392 e. The molecule has 1 N–H and O–H groups in total. The fraction of sp³-hybridized carbons (Fsp3) is 0.909. The summed E-state index contributed by atoms with van der Waals surface area (Å²) >= 11 is 0. The third-order valence-electron chi connectivity index (χ3n) is 2.79. The summed E-state index contributed by atoms with van der Waals surface area (Å²) in [5.74, 6) is 1.45. The topological polar surface area (TPSA) is 23.5 Å². The molecule has 0 saturated carbocycles. The fourth-order valence-corrected chi connectivity index (χ4v) is 2.04. The van der Waals surface area contributed by atoms with Crippen molar-refractivity contribution >= 4 is 0 Å². The van der Waals surface area contributed by atoms with Crippen molar-refractivity contribution in [2.45, 2.75) is 40.2 Å². The number of aliphatic hydroxyl groups excluding tert-OH is 1. The molecule has 1 heterocycles. The first-order valence-electron chi connectivity index (χ1n) is 5.11. The molecule has 1 radical (unpaired) electrons. The van der Waals surface area contributed by atoms with Crippen LogP contribution in [0.5, 0.6) is 0 Å². The third-order valence-corrected chi connectivity index (χ3v) is 2.79. The van der Waals surface area contributed by atoms with Crippen LogP contribution in [0.2, 0.25) is 0 Å². The molecule has 2 heteroatoms. The van der Waals surface area contributed by atoms with Crippen LogP contribution in [0.3, 0.4) is 0 Å². The van der Waals surface area contributed by atoms with Gasteiger partial charge in [0.2, 0.25) is 0 Å². The van der Waals surface area contributed by atoms with Gasteiger partial charge in [0.25, 0.3) is 0 Å². The Bertz CT molecular complexity index is 165. The van der Waals surface area contributed by atoms with Crippen LogP contribution >= 0.6 is 0 Å². The average Bonchev–Trinajstić information content (AvgIpc) is 1.95. The van der Waals surface area contributed by atoms with Gasteiger partial charge in [-0.1, -0.05) is 27.7 Å². The van der Waals surface area contributed by atoms with Crippen LogP contribution in [0.1, 0.15) is 34.1 Å². The molecule has 0 bridgehead atoms. The van der Waals surface area contributed by atoms with E-state index in [1.807, 2.05) is 0 Å². The normalized spacial score (nSPS) is 29.5. The summed E-state index contributed by atoms with van der Waals surface area (Å²) in [7, 11) is 0. The zero-order chi connectivity index (χ0) is 10.1. The lowest BCUT2D eigenvalue weighted by atomic mass is 9.81. The molecule has 1 saturated heterocycles. The molecule has 1 atom stereocenters. The van der Waals surface area contributed by atoms with Crippen molar-refractivity contribution in [1.29, 1.82) is 0 Å². The number of piperidine rings is 1. The van der Waals surface area contributed by atoms with E-state index in [1.54, 1.807) is 0 Å². The molecule has 0 aromatic rings. The van der Waals surface area contributed by atoms with Crippen molar-refractivity contribution in [3.05, 3.63) is 5.92 Å². The first-order valence-corrected chi connectivity index (χ1v) is 5.11. The second kappa shape index (κ2) is 3.97. The van der Waals surface area contributed by atoms with Gasteiger partial charge in [0, 0.05) is 25.0 Å². The second-order valence-corrected chi connectivity index (χ2v) is 5.21. The predicted molar refractivity (Wildman–Crippen MR) is 55.4 cm³/mol. The van der Waals surface area contributed by atoms with Gasteiger partial charge >= 0.3 is 0 Å². The van der Waals surface area contributed by atoms with Gasteiger partial charge in [0.05, 0.1) is 6.10 Å². The highest BCUT2D eigenvalue weighted by atomic mass is 16.3. The van der Waals surface area contributed by atoms with Crippen LogP contribution in [0.4, 0.5) is 0 Å². The number of likely N-dealkylation sites (tertiary alicyclic amines) is 1. The maximum atomic E-state index is 9.76. The van der Waals surface area contributed by atoms with E-state index in [1.165, 1.54) is 5.92 Å². The molecule has 1 fully saturated rings. The van der Waals surface area contributed by atoms with Gasteiger partial charge in [-0.3, -0.25) is 0 Å². The van der Waals surface area contributed by atoms with Crippen LogP contribution in [0, 0.1) is 11.3 Å². The summed E-state index contributed by atoms with van der Waals surface area (Å²) in [5, 5.41) is 9.76. The summed E-state index contributed by atoms with van der Waals surface area (Å²) in [6.45, 7) is 11.8. The smallest absolute Gasteiger partial charge is 0.0615 e. The maximum absolute atomic E-state index is 9.76. The molecule has 2 nitrogen and oxygen atoms in total. The molecule has 0 aromatic heterocycles. The molecule has 0 amide bonds. The maximum Gasteiger partial charge on any atom is 0.0615 e. The lowest BCUT2D eigenvalue weighted by Gasteiger charge is -2.42. The van der Waals surface area contributed by atoms with Crippen LogP contribution in [-0.4, -0.2) is 35.7 Å². The molecule has 0 aliphatic carbocycles. The fourth-order valence-electron chi connectivity index (χ4n) is 2.04. The standard InChI is InChI=1S/C11H22NO/c1-9(2)7-12-6-5-10(13)11(3,4)8-12/h10,13H,5-8H2,1-4H3. The minimum absolute atomic E-state index is 0.0632. The number of hydrogen-bond donors (Lipinski definition) is 1. The minimum Gasteiger partial charge on any atom is -0.392 e. The summed E-state index contributed by atoms with van der Waals surface area (Å²) in [6.07, 6.45) is 0.793. The lowest BCUT2D eigenvalue weighted by molar-refractivity contribution is -0.0228. The highest BCUT2D eigenvalue weighted by Crippen LogP contribution is 2.29. The van der Waals surface area contributed by atoms with E-state index < -0.39 is 0 Å². The van der Waals surface area contributed by atoms with Gasteiger partial charge in [0.1, 0.15) is 0 Å². The molecule has 13 heavy (non-hydrogen) atoms. The zero-order valence-electron chi connectivity index (χ0n) is 9.30. The second-order valence-electron chi connectivity index (χ2n) is 5.21. The SMILES string of the molecule is C[C](C)CN1CCC(O)C(C)(C)C1. The van der Waals surface area contributed by atoms with Gasteiger partial charge in [-0.2, -0.15) is 0 Å². The lowest BCUT2D eigenvalue weighted by Crippen LogP contribution is -2.49. The van der Waals surface area contributed by atoms with E-state index in [2.05, 4.69) is 32.6 Å². The zero-order valence-corrected chi connectivity index (χ0v) is 9.30. The molecule has 1 unspecified atom stereocenters. The molecular formula is C11H22NO. The van der Waals surface area contributed by atoms with Crippen LogP contribution in [0.25, 0.3) is 0 Å². The van der Waals surface area contributed by atoms with Gasteiger partial charge in [-0.15, -0.1) is 0 Å². The van der Waals surface area contributed by atoms with E-state index >= 15 is 0 Å². The number of rotatable bonds is 2. The summed E-state index contributed by atoms with van der Waals surface area (Å²) in [5.41, 5.74) is 0.0632. The van der Waals surface area contributed by atoms with Crippen LogP contribution in [-0.2, 0) is 0 Å². The van der Waals surface area contributed by atoms with E-state index in [4.69, 9.17) is 0 Å². The Balaban J connectivity index is 2.46. The average molecular weight is 184 g/mol. The van der Waals surface area contributed by atoms with Crippen LogP contribution < -0.4 is 0 Å². The van der Waals surface area contributed by atoms with Crippen molar-refractivity contribution in [1.82, 2.24) is 4.90 Å². The summed E-state index contributed by atoms with van der Waals surface area (Å²) < 4.78 is 0. The van der Waals surface area contributed by atoms with Gasteiger partial charge in [-0.05, 0) is 12.3 Å². The van der Waals surface area contributed by atoms with Crippen LogP contribution in [0.15, 0.2) is 0 Å².